The van der Waals surface area contributed by atoms with E-state index in [0.29, 0.717) is 62.1 Å². The van der Waals surface area contributed by atoms with Crippen molar-refractivity contribution in [2.45, 2.75) is 106 Å². The fraction of sp³-hybridized carbons (Fsp3) is 0.590. The molecular weight excluding hydrogens is 727 g/mol. The third kappa shape index (κ3) is 7.80. The summed E-state index contributed by atoms with van der Waals surface area (Å²) in [6, 6.07) is 5.10. The average molecular weight is 776 g/mol. The average Bonchev–Trinajstić information content (AvgIpc) is 3.94. The zero-order chi connectivity index (χ0) is 38.3. The minimum atomic E-state index is -3.89. The number of nitrogens with one attached hydrogen (secondary N) is 3. The molecule has 4 heterocycles. The Hall–Kier alpha value is -4.57. The molecule has 2 saturated heterocycles. The summed E-state index contributed by atoms with van der Waals surface area (Å²) < 4.78 is 40.4. The van der Waals surface area contributed by atoms with Gasteiger partial charge in [-0.1, -0.05) is 37.1 Å². The van der Waals surface area contributed by atoms with Crippen LogP contribution in [0.4, 0.5) is 4.79 Å². The third-order valence-electron chi connectivity index (χ3n) is 11.9. The molecule has 16 heteroatoms. The van der Waals surface area contributed by atoms with E-state index in [-0.39, 0.29) is 43.3 Å². The van der Waals surface area contributed by atoms with Crippen LogP contribution in [0.3, 0.4) is 0 Å². The molecule has 55 heavy (non-hydrogen) atoms. The van der Waals surface area contributed by atoms with Crippen LogP contribution in [0.15, 0.2) is 43.0 Å². The molecule has 5 amide bonds. The molecule has 294 valence electrons. The number of hydrogen-bond donors (Lipinski definition) is 3. The summed E-state index contributed by atoms with van der Waals surface area (Å²) in [5.41, 5.74) is 0.277. The Bertz CT molecular complexity index is 2000. The number of fused-ring (bicyclic) bond motifs is 6. The lowest BCUT2D eigenvalue weighted by Gasteiger charge is -2.33. The van der Waals surface area contributed by atoms with Gasteiger partial charge in [0.2, 0.25) is 27.7 Å². The zero-order valence-electron chi connectivity index (χ0n) is 30.9. The van der Waals surface area contributed by atoms with E-state index in [1.54, 1.807) is 4.90 Å². The number of nitrogens with zero attached hydrogens (tertiary/aromatic N) is 4. The van der Waals surface area contributed by atoms with Crippen molar-refractivity contribution >= 4 is 50.9 Å². The second-order valence-electron chi connectivity index (χ2n) is 15.8. The molecule has 3 saturated carbocycles. The largest absolute Gasteiger partial charge is 0.471 e. The van der Waals surface area contributed by atoms with Gasteiger partial charge in [0, 0.05) is 32.0 Å². The van der Waals surface area contributed by atoms with Crippen LogP contribution in [0, 0.1) is 11.8 Å². The van der Waals surface area contributed by atoms with Gasteiger partial charge in [-0.2, -0.15) is 0 Å². The van der Waals surface area contributed by atoms with Crippen molar-refractivity contribution < 1.29 is 37.1 Å². The van der Waals surface area contributed by atoms with E-state index in [2.05, 4.69) is 21.9 Å². The standard InChI is InChI=1S/C39H49N7O8S/c1-2-25-21-39(25,37(49)44-55(51,52)28-15-16-28)43-34(47)32-20-27-23-46(32)36(48)33(24-10-5-6-11-24)42-38(50)45-18-17-26(22-45)53-19-9-3-4-14-31-35(54-27)41-30-13-8-7-12-29(30)40-31/h2,4,7-8,12-14,24-28,32-33H,1,3,5-6,9-11,15-23H2,(H,42,50)(H,43,47)(H,44,49)/b14-4+/t25?,26-,27+,32-,33-,39+/m0/s1. The van der Waals surface area contributed by atoms with Gasteiger partial charge in [0.05, 0.1) is 28.9 Å². The number of amides is 5. The molecule has 15 nitrogen and oxygen atoms in total. The summed E-state index contributed by atoms with van der Waals surface area (Å²) in [6.07, 6.45) is 11.2. The topological polar surface area (TPSA) is 189 Å². The Labute approximate surface area is 320 Å². The normalized spacial score (nSPS) is 31.0. The van der Waals surface area contributed by atoms with Gasteiger partial charge in [0.25, 0.3) is 5.91 Å². The molecule has 2 aromatic rings. The predicted octanol–water partition coefficient (Wildman–Crippen LogP) is 2.81. The molecule has 6 atom stereocenters. The molecule has 4 bridgehead atoms. The fourth-order valence-corrected chi connectivity index (χ4v) is 9.88. The van der Waals surface area contributed by atoms with Crippen LogP contribution in [0.5, 0.6) is 5.88 Å². The lowest BCUT2D eigenvalue weighted by Crippen LogP contribution is -2.59. The molecule has 1 aromatic carbocycles. The van der Waals surface area contributed by atoms with Crippen molar-refractivity contribution in [1.82, 2.24) is 35.1 Å². The quantitative estimate of drug-likeness (QED) is 0.353. The highest BCUT2D eigenvalue weighted by Gasteiger charge is 2.62. The van der Waals surface area contributed by atoms with Crippen LogP contribution >= 0.6 is 0 Å². The Balaban J connectivity index is 1.12. The van der Waals surface area contributed by atoms with Crippen LogP contribution < -0.4 is 20.1 Å². The first kappa shape index (κ1) is 37.4. The van der Waals surface area contributed by atoms with Gasteiger partial charge < -0.3 is 29.9 Å². The smallest absolute Gasteiger partial charge is 0.318 e. The maximum absolute atomic E-state index is 14.8. The van der Waals surface area contributed by atoms with Gasteiger partial charge in [0.1, 0.15) is 29.4 Å². The lowest BCUT2D eigenvalue weighted by atomic mass is 9.96. The number of carbonyl (C=O) groups excluding carboxylic acids is 4. The van der Waals surface area contributed by atoms with Crippen LogP contribution in [0.1, 0.15) is 76.3 Å². The van der Waals surface area contributed by atoms with E-state index in [0.717, 1.165) is 32.1 Å². The number of hydrogen-bond acceptors (Lipinski definition) is 10. The van der Waals surface area contributed by atoms with E-state index in [1.165, 1.54) is 11.0 Å². The van der Waals surface area contributed by atoms with Crippen molar-refractivity contribution in [2.75, 3.05) is 26.2 Å². The first-order chi connectivity index (χ1) is 26.5. The highest BCUT2D eigenvalue weighted by molar-refractivity contribution is 7.91. The van der Waals surface area contributed by atoms with Gasteiger partial charge in [-0.3, -0.25) is 19.1 Å². The number of ether oxygens (including phenoxy) is 2. The van der Waals surface area contributed by atoms with E-state index in [4.69, 9.17) is 19.4 Å². The Morgan fingerprint density at radius 1 is 1.00 bits per heavy atom. The molecule has 6 aliphatic rings. The number of carbonyl (C=O) groups is 4. The summed E-state index contributed by atoms with van der Waals surface area (Å²) in [5.74, 6) is -2.23. The molecule has 3 aliphatic carbocycles. The van der Waals surface area contributed by atoms with Crippen molar-refractivity contribution in [3.8, 4) is 5.88 Å². The van der Waals surface area contributed by atoms with E-state index in [1.807, 2.05) is 36.4 Å². The number of sulfonamides is 1. The molecule has 0 spiro atoms. The Morgan fingerprint density at radius 3 is 2.49 bits per heavy atom. The number of para-hydroxylation sites is 2. The lowest BCUT2D eigenvalue weighted by molar-refractivity contribution is -0.142. The van der Waals surface area contributed by atoms with Crippen molar-refractivity contribution in [3.05, 3.63) is 48.7 Å². The summed E-state index contributed by atoms with van der Waals surface area (Å²) in [7, 11) is -3.89. The van der Waals surface area contributed by atoms with Crippen LogP contribution in [0.25, 0.3) is 17.1 Å². The monoisotopic (exact) mass is 775 g/mol. The maximum atomic E-state index is 14.8. The van der Waals surface area contributed by atoms with Gasteiger partial charge in [-0.15, -0.1) is 6.58 Å². The molecular formula is C39H49N7O8S. The molecule has 1 aromatic heterocycles. The fourth-order valence-electron chi connectivity index (χ4n) is 8.51. The van der Waals surface area contributed by atoms with Crippen LogP contribution in [-0.4, -0.2) is 113 Å². The van der Waals surface area contributed by atoms with Crippen molar-refractivity contribution in [2.24, 2.45) is 11.8 Å². The van der Waals surface area contributed by atoms with Gasteiger partial charge in [-0.25, -0.2) is 23.2 Å². The minimum Gasteiger partial charge on any atom is -0.471 e. The highest BCUT2D eigenvalue weighted by Crippen LogP contribution is 2.45. The summed E-state index contributed by atoms with van der Waals surface area (Å²) in [4.78, 5) is 69.4. The second kappa shape index (κ2) is 15.2. The summed E-state index contributed by atoms with van der Waals surface area (Å²) in [5, 5.41) is 5.28. The second-order valence-corrected chi connectivity index (χ2v) is 17.8. The summed E-state index contributed by atoms with van der Waals surface area (Å²) in [6.45, 7) is 5.27. The molecule has 5 fully saturated rings. The predicted molar refractivity (Wildman–Crippen MR) is 202 cm³/mol. The van der Waals surface area contributed by atoms with Gasteiger partial charge in [0.15, 0.2) is 0 Å². The molecule has 1 unspecified atom stereocenters. The van der Waals surface area contributed by atoms with E-state index >= 15 is 0 Å². The number of benzene rings is 1. The van der Waals surface area contributed by atoms with Crippen molar-refractivity contribution in [1.29, 1.82) is 0 Å². The minimum absolute atomic E-state index is 0.00738. The molecule has 0 radical (unpaired) electrons. The molecule has 3 aliphatic heterocycles. The van der Waals surface area contributed by atoms with Crippen LogP contribution in [-0.2, 0) is 29.1 Å². The first-order valence-corrected chi connectivity index (χ1v) is 21.2. The Kier molecular flexibility index (Phi) is 10.3. The zero-order valence-corrected chi connectivity index (χ0v) is 31.7. The SMILES string of the molecule is C=CC1C[C@]1(NC(=O)[C@@H]1C[C@@H]2CN1C(=O)[C@H](C1CCCC1)NC(=O)N1CC[C@@H](C1)OCCC/C=C/c1nc3ccccc3nc1O2)C(=O)NS(=O)(=O)C1CC1. The summed E-state index contributed by atoms with van der Waals surface area (Å²) >= 11 is 0. The van der Waals surface area contributed by atoms with Crippen molar-refractivity contribution in [3.63, 3.8) is 0 Å². The highest BCUT2D eigenvalue weighted by atomic mass is 32.2. The first-order valence-electron chi connectivity index (χ1n) is 19.6. The molecule has 3 N–H and O–H groups in total. The van der Waals surface area contributed by atoms with E-state index in [9.17, 15) is 27.6 Å². The number of urea groups is 1. The van der Waals surface area contributed by atoms with Gasteiger partial charge in [-0.05, 0) is 75.5 Å². The maximum Gasteiger partial charge on any atom is 0.318 e. The Morgan fingerprint density at radius 2 is 1.76 bits per heavy atom. The number of rotatable bonds is 7. The molecule has 8 rings (SSSR count). The third-order valence-corrected chi connectivity index (χ3v) is 13.8. The number of aromatic nitrogens is 2. The van der Waals surface area contributed by atoms with Crippen LogP contribution in [0.2, 0.25) is 0 Å². The van der Waals surface area contributed by atoms with Gasteiger partial charge >= 0.3 is 6.03 Å². The number of allylic oxidation sites excluding steroid dienone is 1. The van der Waals surface area contributed by atoms with E-state index < -0.39 is 62.6 Å².